The highest BCUT2D eigenvalue weighted by Crippen LogP contribution is 2.29. The largest absolute Gasteiger partial charge is 0.393 e. The van der Waals surface area contributed by atoms with Gasteiger partial charge in [0.25, 0.3) is 0 Å². The number of hydrogen-bond acceptors (Lipinski definition) is 3. The summed E-state index contributed by atoms with van der Waals surface area (Å²) in [5.74, 6) is -1.23. The Balaban J connectivity index is 2.37. The van der Waals surface area contributed by atoms with E-state index < -0.39 is 17.9 Å². The van der Waals surface area contributed by atoms with E-state index in [0.29, 0.717) is 0 Å². The molecule has 0 amide bonds. The number of hydrogen-bond donors (Lipinski definition) is 0. The van der Waals surface area contributed by atoms with E-state index in [4.69, 9.17) is 0 Å². The summed E-state index contributed by atoms with van der Waals surface area (Å²) in [6.45, 7) is 2.03. The molecule has 0 bridgehead atoms. The van der Waals surface area contributed by atoms with Crippen LogP contribution in [0.5, 0.6) is 0 Å². The maximum Gasteiger partial charge on any atom is 0.321 e. The van der Waals surface area contributed by atoms with Gasteiger partial charge in [-0.3, -0.25) is 9.59 Å². The standard InChI is InChI=1S/C12H12O3/c1-2-8-5-3-4-6-9(8)10-7-11(13)15-12(10)14/h3-6,10H,2,7H2,1H3. The van der Waals surface area contributed by atoms with Crippen molar-refractivity contribution in [2.75, 3.05) is 0 Å². The average molecular weight is 204 g/mol. The molecule has 1 fully saturated rings. The molecule has 1 unspecified atom stereocenters. The fraction of sp³-hybridized carbons (Fsp3) is 0.333. The van der Waals surface area contributed by atoms with Crippen molar-refractivity contribution < 1.29 is 14.3 Å². The number of rotatable bonds is 2. The minimum absolute atomic E-state index is 0.176. The van der Waals surface area contributed by atoms with Gasteiger partial charge >= 0.3 is 11.9 Å². The summed E-state index contributed by atoms with van der Waals surface area (Å²) in [5.41, 5.74) is 2.03. The molecule has 0 spiro atoms. The van der Waals surface area contributed by atoms with Crippen LogP contribution < -0.4 is 0 Å². The first-order valence-electron chi connectivity index (χ1n) is 5.04. The SMILES string of the molecule is CCc1ccccc1C1CC(=O)OC1=O. The summed E-state index contributed by atoms with van der Waals surface area (Å²) >= 11 is 0. The fourth-order valence-electron chi connectivity index (χ4n) is 1.91. The molecule has 1 saturated heterocycles. The number of esters is 2. The van der Waals surface area contributed by atoms with Gasteiger partial charge in [-0.25, -0.2) is 0 Å². The summed E-state index contributed by atoms with van der Waals surface area (Å²) in [5, 5.41) is 0. The van der Waals surface area contributed by atoms with Gasteiger partial charge in [-0.1, -0.05) is 31.2 Å². The number of carbonyl (C=O) groups is 2. The summed E-state index contributed by atoms with van der Waals surface area (Å²) in [6, 6.07) is 7.68. The van der Waals surface area contributed by atoms with Crippen LogP contribution in [0.2, 0.25) is 0 Å². The summed E-state index contributed by atoms with van der Waals surface area (Å²) < 4.78 is 4.55. The lowest BCUT2D eigenvalue weighted by Gasteiger charge is -2.09. The van der Waals surface area contributed by atoms with E-state index in [0.717, 1.165) is 17.5 Å². The van der Waals surface area contributed by atoms with Crippen molar-refractivity contribution in [3.05, 3.63) is 35.4 Å². The van der Waals surface area contributed by atoms with Crippen molar-refractivity contribution >= 4 is 11.9 Å². The zero-order chi connectivity index (χ0) is 10.8. The Kier molecular flexibility index (Phi) is 2.54. The maximum atomic E-state index is 11.4. The lowest BCUT2D eigenvalue weighted by atomic mass is 9.92. The zero-order valence-corrected chi connectivity index (χ0v) is 8.53. The van der Waals surface area contributed by atoms with E-state index in [9.17, 15) is 9.59 Å². The van der Waals surface area contributed by atoms with Gasteiger partial charge < -0.3 is 4.74 Å². The monoisotopic (exact) mass is 204 g/mol. The minimum atomic E-state index is -0.420. The van der Waals surface area contributed by atoms with Crippen LogP contribution in [0.3, 0.4) is 0 Å². The van der Waals surface area contributed by atoms with Crippen molar-refractivity contribution in [1.29, 1.82) is 0 Å². The van der Waals surface area contributed by atoms with Gasteiger partial charge in [0.05, 0.1) is 12.3 Å². The van der Waals surface area contributed by atoms with Gasteiger partial charge in [0.15, 0.2) is 0 Å². The van der Waals surface area contributed by atoms with Crippen LogP contribution in [0.15, 0.2) is 24.3 Å². The van der Waals surface area contributed by atoms with Crippen molar-refractivity contribution in [1.82, 2.24) is 0 Å². The Bertz CT molecular complexity index is 409. The molecule has 0 saturated carbocycles. The number of cyclic esters (lactones) is 2. The molecule has 0 aromatic heterocycles. The number of benzene rings is 1. The summed E-state index contributed by atoms with van der Waals surface area (Å²) in [4.78, 5) is 22.4. The van der Waals surface area contributed by atoms with Crippen molar-refractivity contribution in [2.45, 2.75) is 25.7 Å². The molecule has 2 rings (SSSR count). The third-order valence-corrected chi connectivity index (χ3v) is 2.68. The van der Waals surface area contributed by atoms with E-state index in [-0.39, 0.29) is 6.42 Å². The number of aryl methyl sites for hydroxylation is 1. The van der Waals surface area contributed by atoms with Crippen molar-refractivity contribution in [2.24, 2.45) is 0 Å². The van der Waals surface area contributed by atoms with E-state index in [1.54, 1.807) is 0 Å². The van der Waals surface area contributed by atoms with Crippen molar-refractivity contribution in [3.8, 4) is 0 Å². The molecule has 0 N–H and O–H groups in total. The molecule has 0 aliphatic carbocycles. The second-order valence-corrected chi connectivity index (χ2v) is 3.60. The van der Waals surface area contributed by atoms with Crippen LogP contribution in [0.25, 0.3) is 0 Å². The molecule has 3 heteroatoms. The molecule has 78 valence electrons. The summed E-state index contributed by atoms with van der Waals surface area (Å²) in [6.07, 6.45) is 1.03. The predicted octanol–water partition coefficient (Wildman–Crippen LogP) is 1.81. The Morgan fingerprint density at radius 3 is 2.67 bits per heavy atom. The van der Waals surface area contributed by atoms with Crippen LogP contribution in [-0.4, -0.2) is 11.9 Å². The Morgan fingerprint density at radius 2 is 2.07 bits per heavy atom. The first kappa shape index (κ1) is 9.90. The second-order valence-electron chi connectivity index (χ2n) is 3.60. The Labute approximate surface area is 88.1 Å². The normalized spacial score (nSPS) is 20.5. The van der Waals surface area contributed by atoms with Crippen LogP contribution >= 0.6 is 0 Å². The van der Waals surface area contributed by atoms with E-state index in [1.807, 2.05) is 31.2 Å². The maximum absolute atomic E-state index is 11.4. The second kappa shape index (κ2) is 3.85. The topological polar surface area (TPSA) is 43.4 Å². The van der Waals surface area contributed by atoms with E-state index in [2.05, 4.69) is 4.74 Å². The molecular weight excluding hydrogens is 192 g/mol. The molecule has 1 aromatic carbocycles. The van der Waals surface area contributed by atoms with Crippen LogP contribution in [-0.2, 0) is 20.7 Å². The fourth-order valence-corrected chi connectivity index (χ4v) is 1.91. The summed E-state index contributed by atoms with van der Waals surface area (Å²) in [7, 11) is 0. The molecule has 1 atom stereocenters. The smallest absolute Gasteiger partial charge is 0.321 e. The molecule has 15 heavy (non-hydrogen) atoms. The third kappa shape index (κ3) is 1.77. The predicted molar refractivity (Wildman–Crippen MR) is 54.3 cm³/mol. The number of ether oxygens (including phenoxy) is 1. The molecule has 1 aliphatic rings. The number of carbonyl (C=O) groups excluding carboxylic acids is 2. The van der Waals surface area contributed by atoms with Gasteiger partial charge in [0, 0.05) is 0 Å². The van der Waals surface area contributed by atoms with Gasteiger partial charge in [-0.2, -0.15) is 0 Å². The molecule has 1 aromatic rings. The first-order valence-corrected chi connectivity index (χ1v) is 5.04. The molecule has 1 heterocycles. The highest BCUT2D eigenvalue weighted by molar-refractivity contribution is 5.98. The highest BCUT2D eigenvalue weighted by atomic mass is 16.6. The Hall–Kier alpha value is -1.64. The third-order valence-electron chi connectivity index (χ3n) is 2.68. The van der Waals surface area contributed by atoms with Crippen LogP contribution in [0, 0.1) is 0 Å². The highest BCUT2D eigenvalue weighted by Gasteiger charge is 2.35. The lowest BCUT2D eigenvalue weighted by Crippen LogP contribution is -2.07. The first-order chi connectivity index (χ1) is 7.22. The lowest BCUT2D eigenvalue weighted by molar-refractivity contribution is -0.152. The van der Waals surface area contributed by atoms with Gasteiger partial charge in [-0.15, -0.1) is 0 Å². The Morgan fingerprint density at radius 1 is 1.33 bits per heavy atom. The minimum Gasteiger partial charge on any atom is -0.393 e. The van der Waals surface area contributed by atoms with E-state index >= 15 is 0 Å². The van der Waals surface area contributed by atoms with Gasteiger partial charge in [-0.05, 0) is 17.5 Å². The quantitative estimate of drug-likeness (QED) is 0.545. The van der Waals surface area contributed by atoms with Crippen LogP contribution in [0.4, 0.5) is 0 Å². The average Bonchev–Trinajstić information content (AvgIpc) is 2.57. The van der Waals surface area contributed by atoms with Crippen molar-refractivity contribution in [3.63, 3.8) is 0 Å². The van der Waals surface area contributed by atoms with E-state index in [1.165, 1.54) is 0 Å². The molecule has 1 aliphatic heterocycles. The molecule has 3 nitrogen and oxygen atoms in total. The van der Waals surface area contributed by atoms with Crippen LogP contribution in [0.1, 0.15) is 30.4 Å². The molecule has 0 radical (unpaired) electrons. The molecular formula is C12H12O3. The van der Waals surface area contributed by atoms with Gasteiger partial charge in [0.2, 0.25) is 0 Å². The zero-order valence-electron chi connectivity index (χ0n) is 8.53. The van der Waals surface area contributed by atoms with Gasteiger partial charge in [0.1, 0.15) is 0 Å².